The van der Waals surface area contributed by atoms with Gasteiger partial charge in [0.05, 0.1) is 0 Å². The van der Waals surface area contributed by atoms with Gasteiger partial charge in [-0.15, -0.1) is 0 Å². The molecule has 17 heavy (non-hydrogen) atoms. The van der Waals surface area contributed by atoms with Crippen LogP contribution in [-0.2, 0) is 0 Å². The summed E-state index contributed by atoms with van der Waals surface area (Å²) in [4.78, 5) is 0. The van der Waals surface area contributed by atoms with E-state index in [2.05, 4.69) is 13.3 Å². The topological polar surface area (TPSA) is 0 Å². The average Bonchev–Trinajstić information content (AvgIpc) is 2.40. The molecule has 0 aromatic rings. The second-order valence-corrected chi connectivity index (χ2v) is 6.56. The lowest BCUT2D eigenvalue weighted by Crippen LogP contribution is -2.16. The Morgan fingerprint density at radius 3 is 1.71 bits per heavy atom. The largest absolute Gasteiger partial charge is 0.0654 e. The first-order valence-corrected chi connectivity index (χ1v) is 8.20. The van der Waals surface area contributed by atoms with E-state index in [1.54, 1.807) is 19.3 Å². The molecule has 0 aromatic carbocycles. The molecule has 2 saturated carbocycles. The Kier molecular flexibility index (Phi) is 5.88. The fourth-order valence-electron chi connectivity index (χ4n) is 3.97. The molecule has 0 aliphatic heterocycles. The molecule has 0 bridgehead atoms. The van der Waals surface area contributed by atoms with E-state index in [-0.39, 0.29) is 0 Å². The normalized spacial score (nSPS) is 31.6. The van der Waals surface area contributed by atoms with Crippen molar-refractivity contribution in [3.05, 3.63) is 6.42 Å². The van der Waals surface area contributed by atoms with E-state index in [9.17, 15) is 0 Å². The van der Waals surface area contributed by atoms with Gasteiger partial charge < -0.3 is 0 Å². The van der Waals surface area contributed by atoms with Gasteiger partial charge >= 0.3 is 0 Å². The zero-order valence-electron chi connectivity index (χ0n) is 11.8. The van der Waals surface area contributed by atoms with Crippen LogP contribution in [0.3, 0.4) is 0 Å². The van der Waals surface area contributed by atoms with Crippen LogP contribution in [0.2, 0.25) is 0 Å². The van der Waals surface area contributed by atoms with Crippen molar-refractivity contribution in [3.63, 3.8) is 0 Å². The maximum atomic E-state index is 2.49. The van der Waals surface area contributed by atoms with Crippen LogP contribution >= 0.6 is 0 Å². The summed E-state index contributed by atoms with van der Waals surface area (Å²) < 4.78 is 0. The molecule has 0 N–H and O–H groups in total. The molecule has 0 heteroatoms. The van der Waals surface area contributed by atoms with Gasteiger partial charge in [-0.25, -0.2) is 0 Å². The molecular weight excluding hydrogens is 204 g/mol. The van der Waals surface area contributed by atoms with E-state index < -0.39 is 0 Å². The van der Waals surface area contributed by atoms with Gasteiger partial charge in [-0.2, -0.15) is 0 Å². The molecular formula is C17H31. The van der Waals surface area contributed by atoms with Gasteiger partial charge in [-0.05, 0) is 37.0 Å². The summed E-state index contributed by atoms with van der Waals surface area (Å²) in [5.41, 5.74) is 0. The van der Waals surface area contributed by atoms with Gasteiger partial charge in [0.2, 0.25) is 0 Å². The van der Waals surface area contributed by atoms with Crippen molar-refractivity contribution in [3.8, 4) is 0 Å². The van der Waals surface area contributed by atoms with Gasteiger partial charge in [0.1, 0.15) is 0 Å². The molecule has 0 spiro atoms. The van der Waals surface area contributed by atoms with E-state index in [4.69, 9.17) is 0 Å². The summed E-state index contributed by atoms with van der Waals surface area (Å²) in [5, 5.41) is 0. The van der Waals surface area contributed by atoms with E-state index in [1.165, 1.54) is 57.8 Å². The highest BCUT2D eigenvalue weighted by Crippen LogP contribution is 2.36. The molecule has 0 aromatic heterocycles. The molecule has 0 unspecified atom stereocenters. The van der Waals surface area contributed by atoms with Crippen molar-refractivity contribution < 1.29 is 0 Å². The average molecular weight is 235 g/mol. The minimum Gasteiger partial charge on any atom is -0.0654 e. The second-order valence-electron chi connectivity index (χ2n) is 6.56. The van der Waals surface area contributed by atoms with Gasteiger partial charge in [-0.1, -0.05) is 71.1 Å². The van der Waals surface area contributed by atoms with Crippen LogP contribution in [-0.4, -0.2) is 0 Å². The van der Waals surface area contributed by atoms with Crippen molar-refractivity contribution in [2.75, 3.05) is 0 Å². The Hall–Kier alpha value is 0. The summed E-state index contributed by atoms with van der Waals surface area (Å²) in [5.74, 6) is 3.25. The minimum atomic E-state index is 1.08. The van der Waals surface area contributed by atoms with Crippen LogP contribution in [0.5, 0.6) is 0 Å². The maximum Gasteiger partial charge on any atom is -0.0386 e. The summed E-state index contributed by atoms with van der Waals surface area (Å²) >= 11 is 0. The highest BCUT2D eigenvalue weighted by atomic mass is 14.3. The van der Waals surface area contributed by atoms with Crippen molar-refractivity contribution >= 4 is 0 Å². The standard InChI is InChI=1S/C17H31/c1-2-6-15-9-12-17(13-10-15)14-11-16-7-4-3-5-8-16/h3,15-17H,2,4-14H2,1H3. The molecule has 0 nitrogen and oxygen atoms in total. The first kappa shape index (κ1) is 13.4. The zero-order chi connectivity index (χ0) is 11.9. The molecule has 2 aliphatic rings. The highest BCUT2D eigenvalue weighted by molar-refractivity contribution is 4.78. The Morgan fingerprint density at radius 2 is 1.18 bits per heavy atom. The summed E-state index contributed by atoms with van der Waals surface area (Å²) in [6.07, 6.45) is 20.4. The fourth-order valence-corrected chi connectivity index (χ4v) is 3.97. The first-order chi connectivity index (χ1) is 8.38. The number of hydrogen-bond donors (Lipinski definition) is 0. The summed E-state index contributed by atoms with van der Waals surface area (Å²) in [7, 11) is 0. The third-order valence-corrected chi connectivity index (χ3v) is 5.20. The Morgan fingerprint density at radius 1 is 0.706 bits per heavy atom. The quantitative estimate of drug-likeness (QED) is 0.567. The lowest BCUT2D eigenvalue weighted by Gasteiger charge is -2.30. The fraction of sp³-hybridized carbons (Fsp3) is 0.941. The van der Waals surface area contributed by atoms with Gasteiger partial charge in [0.25, 0.3) is 0 Å². The molecule has 0 atom stereocenters. The zero-order valence-corrected chi connectivity index (χ0v) is 11.8. The second kappa shape index (κ2) is 7.44. The minimum absolute atomic E-state index is 1.08. The van der Waals surface area contributed by atoms with Gasteiger partial charge in [0.15, 0.2) is 0 Å². The molecule has 0 saturated heterocycles. The maximum absolute atomic E-state index is 2.49. The van der Waals surface area contributed by atoms with Crippen molar-refractivity contribution in [2.24, 2.45) is 17.8 Å². The van der Waals surface area contributed by atoms with Crippen LogP contribution < -0.4 is 0 Å². The molecule has 1 radical (unpaired) electrons. The van der Waals surface area contributed by atoms with Crippen molar-refractivity contribution in [1.29, 1.82) is 0 Å². The molecule has 2 rings (SSSR count). The van der Waals surface area contributed by atoms with Crippen molar-refractivity contribution in [2.45, 2.75) is 84.0 Å². The molecule has 99 valence electrons. The van der Waals surface area contributed by atoms with E-state index in [0.717, 1.165) is 17.8 Å². The third kappa shape index (κ3) is 4.64. The Labute approximate surface area is 109 Å². The lowest BCUT2D eigenvalue weighted by molar-refractivity contribution is 0.232. The van der Waals surface area contributed by atoms with Crippen LogP contribution in [0, 0.1) is 24.2 Å². The van der Waals surface area contributed by atoms with E-state index >= 15 is 0 Å². The van der Waals surface area contributed by atoms with Crippen LogP contribution in [0.1, 0.15) is 84.0 Å². The molecule has 2 aliphatic carbocycles. The van der Waals surface area contributed by atoms with Crippen LogP contribution in [0.4, 0.5) is 0 Å². The van der Waals surface area contributed by atoms with Crippen LogP contribution in [0.15, 0.2) is 0 Å². The van der Waals surface area contributed by atoms with E-state index in [1.807, 2.05) is 0 Å². The lowest BCUT2D eigenvalue weighted by atomic mass is 9.76. The highest BCUT2D eigenvalue weighted by Gasteiger charge is 2.22. The van der Waals surface area contributed by atoms with Crippen molar-refractivity contribution in [1.82, 2.24) is 0 Å². The smallest absolute Gasteiger partial charge is 0.0386 e. The Bertz CT molecular complexity index is 182. The summed E-state index contributed by atoms with van der Waals surface area (Å²) in [6.45, 7) is 2.34. The SMILES string of the molecule is CCCC1CCC(CCC2CC[CH]CC2)CC1. The third-order valence-electron chi connectivity index (χ3n) is 5.20. The monoisotopic (exact) mass is 235 g/mol. The van der Waals surface area contributed by atoms with Gasteiger partial charge in [-0.3, -0.25) is 0 Å². The summed E-state index contributed by atoms with van der Waals surface area (Å²) in [6, 6.07) is 0. The molecule has 0 heterocycles. The predicted molar refractivity (Wildman–Crippen MR) is 75.8 cm³/mol. The number of rotatable bonds is 5. The van der Waals surface area contributed by atoms with Crippen LogP contribution in [0.25, 0.3) is 0 Å². The molecule has 2 fully saturated rings. The molecule has 0 amide bonds. The Balaban J connectivity index is 1.57. The van der Waals surface area contributed by atoms with E-state index in [0.29, 0.717) is 0 Å². The predicted octanol–water partition coefficient (Wildman–Crippen LogP) is 5.77. The van der Waals surface area contributed by atoms with Gasteiger partial charge in [0, 0.05) is 0 Å². The number of hydrogen-bond acceptors (Lipinski definition) is 0. The first-order valence-electron chi connectivity index (χ1n) is 8.20.